The van der Waals surface area contributed by atoms with Crippen molar-refractivity contribution in [2.24, 2.45) is 33.0 Å². The molecule has 2 rings (SSSR count). The number of terminal acetylenes is 1. The Kier molecular flexibility index (Phi) is 34.0. The molecule has 0 spiro atoms. The average Bonchev–Trinajstić information content (AvgIpc) is 4.00. The number of allylic oxidation sites excluding steroid dienone is 5. The van der Waals surface area contributed by atoms with Crippen molar-refractivity contribution in [2.45, 2.75) is 144 Å². The van der Waals surface area contributed by atoms with Gasteiger partial charge >= 0.3 is 0 Å². The first-order valence-corrected chi connectivity index (χ1v) is 21.1. The molecule has 0 atom stereocenters. The highest BCUT2D eigenvalue weighted by atomic mass is 16.1. The summed E-state index contributed by atoms with van der Waals surface area (Å²) < 4.78 is 0. The van der Waals surface area contributed by atoms with Gasteiger partial charge < -0.3 is 4.90 Å². The fourth-order valence-corrected chi connectivity index (χ4v) is 3.48. The van der Waals surface area contributed by atoms with Gasteiger partial charge in [0.2, 0.25) is 5.78 Å². The molecule has 8 heteroatoms. The molecule has 0 heterocycles. The van der Waals surface area contributed by atoms with Crippen LogP contribution in [0.25, 0.3) is 6.08 Å². The number of carbonyl (C=O) groups excluding carboxylic acids is 5. The molecule has 0 saturated heterocycles. The molecule has 0 N–H and O–H groups in total. The van der Waals surface area contributed by atoms with Crippen molar-refractivity contribution in [3.8, 4) is 24.5 Å². The molecule has 0 radical (unpaired) electrons. The molecule has 0 bridgehead atoms. The van der Waals surface area contributed by atoms with Crippen LogP contribution in [0, 0.1) is 68.0 Å². The molecule has 61 heavy (non-hydrogen) atoms. The molecule has 0 aliphatic heterocycles. The van der Waals surface area contributed by atoms with Gasteiger partial charge in [-0.2, -0.15) is 10.5 Å². The van der Waals surface area contributed by atoms with E-state index in [0.717, 1.165) is 24.9 Å². The van der Waals surface area contributed by atoms with Crippen LogP contribution in [0.15, 0.2) is 72.4 Å². The van der Waals surface area contributed by atoms with E-state index in [1.54, 1.807) is 32.9 Å². The Bertz CT molecular complexity index is 1710. The third-order valence-corrected chi connectivity index (χ3v) is 7.44. The fourth-order valence-electron chi connectivity index (χ4n) is 3.48. The predicted molar refractivity (Wildman–Crippen MR) is 258 cm³/mol. The summed E-state index contributed by atoms with van der Waals surface area (Å²) >= 11 is 0. The summed E-state index contributed by atoms with van der Waals surface area (Å²) in [4.78, 5) is 58.3. The second-order valence-electron chi connectivity index (χ2n) is 19.1. The van der Waals surface area contributed by atoms with Crippen LogP contribution in [-0.2, 0) is 24.0 Å². The number of ketones is 5. The molecule has 1 fully saturated rings. The van der Waals surface area contributed by atoms with Gasteiger partial charge in [-0.25, -0.2) is 0 Å². The minimum Gasteiger partial charge on any atom is -0.306 e. The van der Waals surface area contributed by atoms with E-state index in [1.165, 1.54) is 6.08 Å². The fraction of sp³-hybridized carbons (Fsp3) is 0.566. The van der Waals surface area contributed by atoms with Gasteiger partial charge in [0.1, 0.15) is 12.1 Å². The Hall–Kier alpha value is -4.97. The monoisotopic (exact) mass is 842 g/mol. The smallest absolute Gasteiger partial charge is 0.210 e. The lowest BCUT2D eigenvalue weighted by molar-refractivity contribution is -0.122. The Morgan fingerprint density at radius 1 is 0.672 bits per heavy atom. The number of hydrogen-bond donors (Lipinski definition) is 0. The zero-order valence-electron chi connectivity index (χ0n) is 42.1. The first-order chi connectivity index (χ1) is 27.7. The van der Waals surface area contributed by atoms with Gasteiger partial charge in [-0.3, -0.25) is 24.0 Å². The second-order valence-corrected chi connectivity index (χ2v) is 19.1. The van der Waals surface area contributed by atoms with Crippen LogP contribution in [0.2, 0.25) is 0 Å². The predicted octanol–water partition coefficient (Wildman–Crippen LogP) is 12.5. The summed E-state index contributed by atoms with van der Waals surface area (Å²) in [5, 5.41) is 17.8. The Balaban J connectivity index is -0.000000214. The second kappa shape index (κ2) is 31.8. The standard InChI is InChI=1S/C14H15NO.C11H15NO.C10H19NO.C7H12O.C7H10O.2C2H6/c1-14(2,3)13(16)12(10-15)9-11-7-5-4-6-8-11;1-11(2,3)10(13)9(7-12)6-8-4-5-8;1-10(2,3)9(12)7-6-8-11(4)5;2*1-5-6(8)7(2,3)4;2*1-2/h4-9H,1-3H3;6,8H,4-5H2,1-3H3;6-7H,8H2,1-5H3;5H,1H2,2-4H3;1H,2-4H3;2*1-2H3/b;;7-6+;;;;. The van der Waals surface area contributed by atoms with Crippen molar-refractivity contribution < 1.29 is 24.0 Å². The first-order valence-electron chi connectivity index (χ1n) is 21.1. The third kappa shape index (κ3) is 35.5. The maximum atomic E-state index is 11.9. The van der Waals surface area contributed by atoms with E-state index >= 15 is 0 Å². The molecular weight excluding hydrogens is 759 g/mol. The van der Waals surface area contributed by atoms with Crippen molar-refractivity contribution in [1.82, 2.24) is 4.90 Å². The zero-order chi connectivity index (χ0) is 49.6. The van der Waals surface area contributed by atoms with E-state index in [1.807, 2.05) is 184 Å². The van der Waals surface area contributed by atoms with Crippen LogP contribution in [0.4, 0.5) is 0 Å². The van der Waals surface area contributed by atoms with Gasteiger partial charge in [0.25, 0.3) is 0 Å². The molecule has 1 aromatic carbocycles. The van der Waals surface area contributed by atoms with Crippen molar-refractivity contribution in [2.75, 3.05) is 20.6 Å². The molecule has 0 aromatic heterocycles. The average molecular weight is 842 g/mol. The molecular formula is C53H83N3O5. The van der Waals surface area contributed by atoms with E-state index in [9.17, 15) is 24.0 Å². The van der Waals surface area contributed by atoms with E-state index in [-0.39, 0.29) is 50.7 Å². The number of likely N-dealkylation sites (N-methyl/N-ethyl adjacent to an activating group) is 1. The summed E-state index contributed by atoms with van der Waals surface area (Å²) in [5.74, 6) is 2.53. The highest BCUT2D eigenvalue weighted by molar-refractivity contribution is 6.06. The SMILES string of the molecule is C#CC(=O)C(C)(C)C.C=CC(=O)C(C)(C)C.CC.CC.CC(C)(C)C(=O)C(C#N)=CC1CC1.CC(C)(C)C(=O)C(C#N)=Cc1ccccc1.CN(C)C/C=C/C(=O)C(C)(C)C. The number of carbonyl (C=O) groups is 5. The van der Waals surface area contributed by atoms with Gasteiger partial charge in [-0.05, 0) is 62.6 Å². The van der Waals surface area contributed by atoms with Crippen LogP contribution in [0.3, 0.4) is 0 Å². The van der Waals surface area contributed by atoms with E-state index in [2.05, 4.69) is 12.5 Å². The Morgan fingerprint density at radius 2 is 1.07 bits per heavy atom. The summed E-state index contributed by atoms with van der Waals surface area (Å²) in [6, 6.07) is 13.3. The highest BCUT2D eigenvalue weighted by Gasteiger charge is 2.28. The third-order valence-electron chi connectivity index (χ3n) is 7.44. The van der Waals surface area contributed by atoms with Gasteiger partial charge in [-0.15, -0.1) is 6.42 Å². The van der Waals surface area contributed by atoms with Crippen molar-refractivity contribution in [3.05, 3.63) is 77.9 Å². The van der Waals surface area contributed by atoms with E-state index < -0.39 is 10.8 Å². The summed E-state index contributed by atoms with van der Waals surface area (Å²) in [6.45, 7) is 40.0. The molecule has 0 amide bonds. The van der Waals surface area contributed by atoms with Gasteiger partial charge in [0.05, 0.1) is 11.1 Å². The normalized spacial score (nSPS) is 12.5. The summed E-state index contributed by atoms with van der Waals surface area (Å²) in [5.41, 5.74) is -0.392. The van der Waals surface area contributed by atoms with Crippen LogP contribution in [0.5, 0.6) is 0 Å². The highest BCUT2D eigenvalue weighted by Crippen LogP contribution is 2.32. The number of nitrogens with zero attached hydrogens (tertiary/aromatic N) is 3. The molecule has 1 saturated carbocycles. The number of rotatable bonds is 8. The molecule has 0 unspecified atom stereocenters. The number of hydrogen-bond acceptors (Lipinski definition) is 8. The van der Waals surface area contributed by atoms with Crippen LogP contribution < -0.4 is 0 Å². The van der Waals surface area contributed by atoms with Crippen LogP contribution in [0.1, 0.15) is 150 Å². The number of benzene rings is 1. The summed E-state index contributed by atoms with van der Waals surface area (Å²) in [6.07, 6.45) is 15.5. The zero-order valence-corrected chi connectivity index (χ0v) is 42.1. The molecule has 1 aliphatic carbocycles. The van der Waals surface area contributed by atoms with Crippen LogP contribution in [-0.4, -0.2) is 54.5 Å². The van der Waals surface area contributed by atoms with Gasteiger partial charge in [0, 0.05) is 33.6 Å². The van der Waals surface area contributed by atoms with Crippen molar-refractivity contribution in [3.63, 3.8) is 0 Å². The largest absolute Gasteiger partial charge is 0.306 e. The Morgan fingerprint density at radius 3 is 1.31 bits per heavy atom. The molecule has 8 nitrogen and oxygen atoms in total. The van der Waals surface area contributed by atoms with Gasteiger partial charge in [-0.1, -0.05) is 181 Å². The van der Waals surface area contributed by atoms with E-state index in [4.69, 9.17) is 16.9 Å². The Labute approximate surface area is 373 Å². The van der Waals surface area contributed by atoms with Gasteiger partial charge in [0.15, 0.2) is 23.1 Å². The minimum absolute atomic E-state index is 0.0399. The molecule has 340 valence electrons. The lowest BCUT2D eigenvalue weighted by atomic mass is 9.86. The molecule has 1 aliphatic rings. The maximum absolute atomic E-state index is 11.9. The lowest BCUT2D eigenvalue weighted by Gasteiger charge is -2.15. The van der Waals surface area contributed by atoms with Crippen LogP contribution >= 0.6 is 0 Å². The van der Waals surface area contributed by atoms with Crippen molar-refractivity contribution >= 4 is 35.0 Å². The maximum Gasteiger partial charge on any atom is 0.210 e. The van der Waals surface area contributed by atoms with E-state index in [0.29, 0.717) is 11.5 Å². The van der Waals surface area contributed by atoms with Crippen molar-refractivity contribution in [1.29, 1.82) is 10.5 Å². The number of nitriles is 2. The first kappa shape index (κ1) is 65.2. The molecule has 1 aromatic rings. The quantitative estimate of drug-likeness (QED) is 0.109. The number of Topliss-reactive ketones (excluding diaryl/α,β-unsaturated/α-hetero) is 3. The summed E-state index contributed by atoms with van der Waals surface area (Å²) in [7, 11) is 3.96. The lowest BCUT2D eigenvalue weighted by Crippen LogP contribution is -2.21. The topological polar surface area (TPSA) is 136 Å². The minimum atomic E-state index is -0.518.